The number of aryl methyl sites for hydroxylation is 1. The molecule has 0 unspecified atom stereocenters. The van der Waals surface area contributed by atoms with E-state index >= 15 is 0 Å². The van der Waals surface area contributed by atoms with Crippen LogP contribution in [0.3, 0.4) is 0 Å². The third-order valence-electron chi connectivity index (χ3n) is 3.41. The Kier molecular flexibility index (Phi) is 4.18. The van der Waals surface area contributed by atoms with Gasteiger partial charge in [0.1, 0.15) is 0 Å². The summed E-state index contributed by atoms with van der Waals surface area (Å²) in [6.07, 6.45) is 5.67. The van der Waals surface area contributed by atoms with Gasteiger partial charge < -0.3 is 9.84 Å². The normalized spacial score (nSPS) is 15.8. The molecule has 0 aromatic carbocycles. The summed E-state index contributed by atoms with van der Waals surface area (Å²) < 4.78 is 5.65. The summed E-state index contributed by atoms with van der Waals surface area (Å²) in [5.74, 6) is 0.113. The van der Waals surface area contributed by atoms with E-state index in [-0.39, 0.29) is 5.56 Å². The highest BCUT2D eigenvalue weighted by atomic mass is 16.5. The van der Waals surface area contributed by atoms with Crippen molar-refractivity contribution in [1.82, 2.24) is 4.98 Å². The third kappa shape index (κ3) is 3.22. The first kappa shape index (κ1) is 12.9. The van der Waals surface area contributed by atoms with Gasteiger partial charge in [-0.25, -0.2) is 9.78 Å². The van der Waals surface area contributed by atoms with Crippen LogP contribution in [0.15, 0.2) is 12.1 Å². The molecule has 2 rings (SSSR count). The Morgan fingerprint density at radius 3 is 2.78 bits per heavy atom. The van der Waals surface area contributed by atoms with Crippen molar-refractivity contribution in [2.75, 3.05) is 6.61 Å². The van der Waals surface area contributed by atoms with Gasteiger partial charge in [-0.2, -0.15) is 0 Å². The van der Waals surface area contributed by atoms with Crippen molar-refractivity contribution in [1.29, 1.82) is 0 Å². The number of nitrogens with zero attached hydrogens (tertiary/aromatic N) is 1. The van der Waals surface area contributed by atoms with Gasteiger partial charge in [-0.15, -0.1) is 0 Å². The van der Waals surface area contributed by atoms with E-state index in [1.165, 1.54) is 31.7 Å². The van der Waals surface area contributed by atoms with Gasteiger partial charge in [0.05, 0.1) is 12.2 Å². The molecule has 1 fully saturated rings. The molecule has 1 aliphatic carbocycles. The zero-order valence-corrected chi connectivity index (χ0v) is 10.7. The lowest BCUT2D eigenvalue weighted by atomic mass is 10.1. The molecule has 0 amide bonds. The Labute approximate surface area is 107 Å². The van der Waals surface area contributed by atoms with Crippen LogP contribution in [0.1, 0.15) is 48.7 Å². The number of carbonyl (C=O) groups is 1. The average molecular weight is 249 g/mol. The van der Waals surface area contributed by atoms with Crippen molar-refractivity contribution in [3.8, 4) is 5.88 Å². The summed E-state index contributed by atoms with van der Waals surface area (Å²) in [5.41, 5.74) is 1.01. The predicted molar refractivity (Wildman–Crippen MR) is 68.0 cm³/mol. The first-order chi connectivity index (χ1) is 8.69. The molecule has 1 aromatic rings. The van der Waals surface area contributed by atoms with Crippen molar-refractivity contribution in [2.24, 2.45) is 5.92 Å². The molecule has 1 saturated carbocycles. The highest BCUT2D eigenvalue weighted by molar-refractivity contribution is 5.88. The minimum Gasteiger partial charge on any atom is -0.478 e. The molecule has 4 nitrogen and oxygen atoms in total. The lowest BCUT2D eigenvalue weighted by Gasteiger charge is -2.11. The SMILES string of the molecule is CCc1cc(C(=O)O)cc(OCC2CCCC2)n1. The van der Waals surface area contributed by atoms with Crippen LogP contribution in [0, 0.1) is 5.92 Å². The van der Waals surface area contributed by atoms with Gasteiger partial charge in [-0.1, -0.05) is 19.8 Å². The van der Waals surface area contributed by atoms with E-state index in [9.17, 15) is 4.79 Å². The fourth-order valence-electron chi connectivity index (χ4n) is 2.32. The molecule has 0 spiro atoms. The van der Waals surface area contributed by atoms with Crippen molar-refractivity contribution in [3.05, 3.63) is 23.4 Å². The third-order valence-corrected chi connectivity index (χ3v) is 3.41. The first-order valence-corrected chi connectivity index (χ1v) is 6.56. The van der Waals surface area contributed by atoms with Gasteiger partial charge in [0.15, 0.2) is 0 Å². The van der Waals surface area contributed by atoms with Crippen LogP contribution in [0.2, 0.25) is 0 Å². The van der Waals surface area contributed by atoms with Crippen LogP contribution < -0.4 is 4.74 Å². The second-order valence-corrected chi connectivity index (χ2v) is 4.81. The number of hydrogen-bond donors (Lipinski definition) is 1. The van der Waals surface area contributed by atoms with Crippen LogP contribution >= 0.6 is 0 Å². The molecule has 1 aliphatic rings. The van der Waals surface area contributed by atoms with E-state index in [1.54, 1.807) is 6.07 Å². The summed E-state index contributed by atoms with van der Waals surface area (Å²) in [5, 5.41) is 9.03. The zero-order valence-electron chi connectivity index (χ0n) is 10.7. The van der Waals surface area contributed by atoms with Gasteiger partial charge in [0.2, 0.25) is 5.88 Å². The van der Waals surface area contributed by atoms with Gasteiger partial charge in [0.25, 0.3) is 0 Å². The standard InChI is InChI=1S/C14H19NO3/c1-2-12-7-11(14(16)17)8-13(15-12)18-9-10-5-3-4-6-10/h7-8,10H,2-6,9H2,1H3,(H,16,17). The molecule has 1 aromatic heterocycles. The van der Waals surface area contributed by atoms with Gasteiger partial charge in [-0.3, -0.25) is 0 Å². The van der Waals surface area contributed by atoms with E-state index in [0.29, 0.717) is 24.8 Å². The van der Waals surface area contributed by atoms with E-state index < -0.39 is 5.97 Å². The minimum absolute atomic E-state index is 0.253. The molecule has 18 heavy (non-hydrogen) atoms. The smallest absolute Gasteiger partial charge is 0.335 e. The molecule has 0 atom stereocenters. The summed E-state index contributed by atoms with van der Waals surface area (Å²) in [4.78, 5) is 15.3. The zero-order chi connectivity index (χ0) is 13.0. The second-order valence-electron chi connectivity index (χ2n) is 4.81. The monoisotopic (exact) mass is 249 g/mol. The number of hydrogen-bond acceptors (Lipinski definition) is 3. The van der Waals surface area contributed by atoms with Gasteiger partial charge in [0, 0.05) is 11.8 Å². The molecule has 1 N–H and O–H groups in total. The molecule has 1 heterocycles. The van der Waals surface area contributed by atoms with Crippen molar-refractivity contribution < 1.29 is 14.6 Å². The Morgan fingerprint density at radius 1 is 1.44 bits per heavy atom. The van der Waals surface area contributed by atoms with E-state index in [2.05, 4.69) is 4.98 Å². The number of ether oxygens (including phenoxy) is 1. The molecular formula is C14H19NO3. The van der Waals surface area contributed by atoms with Crippen molar-refractivity contribution in [3.63, 3.8) is 0 Å². The van der Waals surface area contributed by atoms with Crippen LogP contribution in [-0.4, -0.2) is 22.7 Å². The van der Waals surface area contributed by atoms with Crippen LogP contribution in [0.25, 0.3) is 0 Å². The van der Waals surface area contributed by atoms with Crippen LogP contribution in [0.5, 0.6) is 5.88 Å². The second kappa shape index (κ2) is 5.85. The highest BCUT2D eigenvalue weighted by Gasteiger charge is 2.16. The predicted octanol–water partition coefficient (Wildman–Crippen LogP) is 2.91. The Hall–Kier alpha value is -1.58. The first-order valence-electron chi connectivity index (χ1n) is 6.56. The fourth-order valence-corrected chi connectivity index (χ4v) is 2.32. The summed E-state index contributed by atoms with van der Waals surface area (Å²) in [6.45, 7) is 2.61. The lowest BCUT2D eigenvalue weighted by Crippen LogP contribution is -2.10. The number of carboxylic acid groups (broad SMARTS) is 1. The van der Waals surface area contributed by atoms with E-state index in [0.717, 1.165) is 5.69 Å². The molecule has 98 valence electrons. The highest BCUT2D eigenvalue weighted by Crippen LogP contribution is 2.25. The topological polar surface area (TPSA) is 59.4 Å². The van der Waals surface area contributed by atoms with Gasteiger partial charge in [-0.05, 0) is 31.2 Å². The minimum atomic E-state index is -0.933. The fraction of sp³-hybridized carbons (Fsp3) is 0.571. The molecule has 0 saturated heterocycles. The van der Waals surface area contributed by atoms with E-state index in [1.807, 2.05) is 6.92 Å². The van der Waals surface area contributed by atoms with Gasteiger partial charge >= 0.3 is 5.97 Å². The lowest BCUT2D eigenvalue weighted by molar-refractivity contribution is 0.0696. The van der Waals surface area contributed by atoms with Crippen molar-refractivity contribution in [2.45, 2.75) is 39.0 Å². The maximum atomic E-state index is 11.0. The van der Waals surface area contributed by atoms with Crippen molar-refractivity contribution >= 4 is 5.97 Å². The number of rotatable bonds is 5. The van der Waals surface area contributed by atoms with Crippen LogP contribution in [0.4, 0.5) is 0 Å². The Morgan fingerprint density at radius 2 is 2.17 bits per heavy atom. The quantitative estimate of drug-likeness (QED) is 0.871. The number of aromatic carboxylic acids is 1. The average Bonchev–Trinajstić information content (AvgIpc) is 2.89. The Bertz CT molecular complexity index is 425. The molecule has 0 aliphatic heterocycles. The molecule has 0 radical (unpaired) electrons. The largest absolute Gasteiger partial charge is 0.478 e. The summed E-state index contributed by atoms with van der Waals surface area (Å²) in [6, 6.07) is 3.11. The Balaban J connectivity index is 2.05. The molecule has 0 bridgehead atoms. The summed E-state index contributed by atoms with van der Waals surface area (Å²) >= 11 is 0. The van der Waals surface area contributed by atoms with E-state index in [4.69, 9.17) is 9.84 Å². The molecule has 4 heteroatoms. The maximum Gasteiger partial charge on any atom is 0.335 e. The number of carboxylic acids is 1. The number of pyridine rings is 1. The molecular weight excluding hydrogens is 230 g/mol. The van der Waals surface area contributed by atoms with Crippen LogP contribution in [-0.2, 0) is 6.42 Å². The summed E-state index contributed by atoms with van der Waals surface area (Å²) in [7, 11) is 0. The number of aromatic nitrogens is 1. The maximum absolute atomic E-state index is 11.0.